The molecular formula is C26H34BrN3O3. The van der Waals surface area contributed by atoms with Crippen LogP contribution in [0.15, 0.2) is 46.9 Å². The van der Waals surface area contributed by atoms with Crippen LogP contribution >= 0.6 is 15.9 Å². The summed E-state index contributed by atoms with van der Waals surface area (Å²) < 4.78 is 12.0. The number of fused-ring (bicyclic) bond motifs is 1. The number of rotatable bonds is 7. The maximum atomic E-state index is 12.7. The summed E-state index contributed by atoms with van der Waals surface area (Å²) in [5, 5.41) is 6.21. The predicted octanol–water partition coefficient (Wildman–Crippen LogP) is 5.56. The van der Waals surface area contributed by atoms with Crippen molar-refractivity contribution in [3.8, 4) is 11.5 Å². The summed E-state index contributed by atoms with van der Waals surface area (Å²) in [6, 6.07) is 14.4. The van der Waals surface area contributed by atoms with Crippen molar-refractivity contribution in [3.05, 3.63) is 52.5 Å². The van der Waals surface area contributed by atoms with Gasteiger partial charge in [0.2, 0.25) is 0 Å². The van der Waals surface area contributed by atoms with E-state index in [1.54, 1.807) is 14.2 Å². The van der Waals surface area contributed by atoms with Gasteiger partial charge in [0.25, 0.3) is 0 Å². The molecule has 2 fully saturated rings. The van der Waals surface area contributed by atoms with Crippen molar-refractivity contribution in [1.82, 2.24) is 10.2 Å². The molecule has 0 spiro atoms. The molecule has 7 heteroatoms. The number of carbonyl (C=O) groups is 1. The van der Waals surface area contributed by atoms with E-state index in [2.05, 4.69) is 50.5 Å². The predicted molar refractivity (Wildman–Crippen MR) is 135 cm³/mol. The lowest BCUT2D eigenvalue weighted by Crippen LogP contribution is -2.53. The van der Waals surface area contributed by atoms with E-state index < -0.39 is 0 Å². The number of carbonyl (C=O) groups excluding carboxylic acids is 1. The molecule has 4 rings (SSSR count). The van der Waals surface area contributed by atoms with E-state index >= 15 is 0 Å². The van der Waals surface area contributed by atoms with Gasteiger partial charge in [-0.15, -0.1) is 0 Å². The molecule has 1 aliphatic carbocycles. The summed E-state index contributed by atoms with van der Waals surface area (Å²) in [6.45, 7) is 4.40. The van der Waals surface area contributed by atoms with Gasteiger partial charge in [0.15, 0.2) is 11.5 Å². The van der Waals surface area contributed by atoms with Crippen LogP contribution in [0.4, 0.5) is 10.5 Å². The second kappa shape index (κ2) is 10.3. The summed E-state index contributed by atoms with van der Waals surface area (Å²) in [7, 11) is 3.37. The highest BCUT2D eigenvalue weighted by molar-refractivity contribution is 9.10. The molecule has 1 saturated heterocycles. The first-order chi connectivity index (χ1) is 16.0. The van der Waals surface area contributed by atoms with E-state index in [-0.39, 0.29) is 17.5 Å². The van der Waals surface area contributed by atoms with Gasteiger partial charge in [0.1, 0.15) is 0 Å². The van der Waals surface area contributed by atoms with Gasteiger partial charge in [-0.1, -0.05) is 35.0 Å². The molecule has 2 aromatic carbocycles. The van der Waals surface area contributed by atoms with Crippen LogP contribution in [0.5, 0.6) is 11.5 Å². The van der Waals surface area contributed by atoms with Gasteiger partial charge in [-0.2, -0.15) is 0 Å². The number of benzene rings is 2. The quantitative estimate of drug-likeness (QED) is 0.506. The lowest BCUT2D eigenvalue weighted by atomic mass is 9.65. The highest BCUT2D eigenvalue weighted by Crippen LogP contribution is 2.50. The highest BCUT2D eigenvalue weighted by Gasteiger charge is 2.51. The average Bonchev–Trinajstić information content (AvgIpc) is 3.17. The van der Waals surface area contributed by atoms with Crippen LogP contribution in [0.2, 0.25) is 0 Å². The molecule has 2 aromatic rings. The zero-order chi connectivity index (χ0) is 23.4. The van der Waals surface area contributed by atoms with E-state index in [0.717, 1.165) is 66.9 Å². The van der Waals surface area contributed by atoms with Crippen molar-refractivity contribution in [3.63, 3.8) is 0 Å². The largest absolute Gasteiger partial charge is 0.493 e. The van der Waals surface area contributed by atoms with Crippen LogP contribution < -0.4 is 20.1 Å². The molecule has 0 aromatic heterocycles. The van der Waals surface area contributed by atoms with Crippen LogP contribution in [0.25, 0.3) is 0 Å². The van der Waals surface area contributed by atoms with Gasteiger partial charge < -0.3 is 20.1 Å². The van der Waals surface area contributed by atoms with Crippen LogP contribution in [0.3, 0.4) is 0 Å². The van der Waals surface area contributed by atoms with Gasteiger partial charge in [-0.25, -0.2) is 4.79 Å². The molecule has 2 aliphatic rings. The van der Waals surface area contributed by atoms with Crippen LogP contribution in [0.1, 0.15) is 44.6 Å². The molecule has 1 aliphatic heterocycles. The van der Waals surface area contributed by atoms with Crippen molar-refractivity contribution in [2.75, 3.05) is 32.6 Å². The van der Waals surface area contributed by atoms with E-state index in [4.69, 9.17) is 9.47 Å². The lowest BCUT2D eigenvalue weighted by molar-refractivity contribution is 0.136. The molecule has 178 valence electrons. The number of urea groups is 1. The number of hydrogen-bond donors (Lipinski definition) is 2. The maximum absolute atomic E-state index is 12.7. The number of nitrogens with zero attached hydrogens (tertiary/aromatic N) is 1. The van der Waals surface area contributed by atoms with Crippen molar-refractivity contribution >= 4 is 27.6 Å². The third kappa shape index (κ3) is 4.99. The minimum atomic E-state index is -0.142. The van der Waals surface area contributed by atoms with Crippen molar-refractivity contribution in [1.29, 1.82) is 0 Å². The molecule has 1 heterocycles. The fraction of sp³-hybridized carbons (Fsp3) is 0.500. The topological polar surface area (TPSA) is 62.8 Å². The fourth-order valence-corrected chi connectivity index (χ4v) is 6.13. The fourth-order valence-electron chi connectivity index (χ4n) is 5.73. The van der Waals surface area contributed by atoms with Gasteiger partial charge >= 0.3 is 6.03 Å². The summed E-state index contributed by atoms with van der Waals surface area (Å²) in [5.41, 5.74) is 2.18. The van der Waals surface area contributed by atoms with Crippen molar-refractivity contribution < 1.29 is 14.3 Å². The third-order valence-electron chi connectivity index (χ3n) is 7.26. The van der Waals surface area contributed by atoms with E-state index in [1.807, 2.05) is 30.3 Å². The summed E-state index contributed by atoms with van der Waals surface area (Å²) in [4.78, 5) is 15.3. The Morgan fingerprint density at radius 3 is 2.70 bits per heavy atom. The van der Waals surface area contributed by atoms with Crippen LogP contribution in [-0.2, 0) is 5.41 Å². The number of amides is 2. The SMILES string of the molecule is CCCN1CCC2(c3ccc(OC)c(OC)c3)CCC(NC(=O)Nc3cccc(Br)c3)CC12. The van der Waals surface area contributed by atoms with Crippen LogP contribution in [-0.4, -0.2) is 50.3 Å². The van der Waals surface area contributed by atoms with Gasteiger partial charge in [0.05, 0.1) is 14.2 Å². The molecule has 2 amide bonds. The summed E-state index contributed by atoms with van der Waals surface area (Å²) >= 11 is 3.46. The second-order valence-electron chi connectivity index (χ2n) is 9.11. The Morgan fingerprint density at radius 1 is 1.15 bits per heavy atom. The summed E-state index contributed by atoms with van der Waals surface area (Å²) in [5.74, 6) is 1.54. The number of nitrogens with one attached hydrogen (secondary N) is 2. The van der Waals surface area contributed by atoms with E-state index in [0.29, 0.717) is 6.04 Å². The highest BCUT2D eigenvalue weighted by atomic mass is 79.9. The normalized spacial score (nSPS) is 24.7. The van der Waals surface area contributed by atoms with Gasteiger partial charge in [-0.3, -0.25) is 4.90 Å². The zero-order valence-corrected chi connectivity index (χ0v) is 21.3. The average molecular weight is 516 g/mol. The minimum absolute atomic E-state index is 0.0771. The Hall–Kier alpha value is -2.25. The number of halogens is 1. The number of hydrogen-bond acceptors (Lipinski definition) is 4. The van der Waals surface area contributed by atoms with Crippen LogP contribution in [0, 0.1) is 0 Å². The standard InChI is InChI=1S/C26H34BrN3O3/c1-4-13-30-14-12-26(18-8-9-22(32-2)23(15-18)33-3)11-10-21(17-24(26)30)29-25(31)28-20-7-5-6-19(27)16-20/h5-9,15-16,21,24H,4,10-14,17H2,1-3H3,(H2,28,29,31). The number of methoxy groups -OCH3 is 2. The Kier molecular flexibility index (Phi) is 7.49. The van der Waals surface area contributed by atoms with E-state index in [9.17, 15) is 4.79 Å². The molecular weight excluding hydrogens is 482 g/mol. The third-order valence-corrected chi connectivity index (χ3v) is 7.75. The monoisotopic (exact) mass is 515 g/mol. The van der Waals surface area contributed by atoms with Gasteiger partial charge in [0, 0.05) is 27.7 Å². The Labute approximate surface area is 205 Å². The molecule has 6 nitrogen and oxygen atoms in total. The van der Waals surface area contributed by atoms with Gasteiger partial charge in [-0.05, 0) is 81.1 Å². The number of likely N-dealkylation sites (tertiary alicyclic amines) is 1. The molecule has 0 radical (unpaired) electrons. The molecule has 1 saturated carbocycles. The first-order valence-electron chi connectivity index (χ1n) is 11.8. The molecule has 2 N–H and O–H groups in total. The Bertz CT molecular complexity index is 985. The zero-order valence-electron chi connectivity index (χ0n) is 19.7. The minimum Gasteiger partial charge on any atom is -0.493 e. The molecule has 0 bridgehead atoms. The van der Waals surface area contributed by atoms with Crippen molar-refractivity contribution in [2.45, 2.75) is 56.5 Å². The Balaban J connectivity index is 1.52. The summed E-state index contributed by atoms with van der Waals surface area (Å²) in [6.07, 6.45) is 5.19. The lowest BCUT2D eigenvalue weighted by Gasteiger charge is -2.45. The first-order valence-corrected chi connectivity index (χ1v) is 12.6. The second-order valence-corrected chi connectivity index (χ2v) is 10.0. The van der Waals surface area contributed by atoms with Crippen molar-refractivity contribution in [2.24, 2.45) is 0 Å². The van der Waals surface area contributed by atoms with E-state index in [1.165, 1.54) is 5.56 Å². The smallest absolute Gasteiger partial charge is 0.319 e. The number of ether oxygens (including phenoxy) is 2. The molecule has 3 unspecified atom stereocenters. The molecule has 3 atom stereocenters. The molecule has 33 heavy (non-hydrogen) atoms. The number of anilines is 1. The Morgan fingerprint density at radius 2 is 1.97 bits per heavy atom. The first kappa shape index (κ1) is 23.9. The maximum Gasteiger partial charge on any atom is 0.319 e.